The van der Waals surface area contributed by atoms with E-state index in [1.807, 2.05) is 13.2 Å². The van der Waals surface area contributed by atoms with Crippen molar-refractivity contribution in [1.29, 1.82) is 0 Å². The summed E-state index contributed by atoms with van der Waals surface area (Å²) in [5, 5.41) is 2.79. The van der Waals surface area contributed by atoms with Crippen LogP contribution in [0.15, 0.2) is 28.6 Å². The summed E-state index contributed by atoms with van der Waals surface area (Å²) in [5.74, 6) is -0.569. The zero-order valence-electron chi connectivity index (χ0n) is 12.5. The van der Waals surface area contributed by atoms with Gasteiger partial charge in [-0.05, 0) is 31.4 Å². The smallest absolute Gasteiger partial charge is 0.337 e. The number of hydrogen-bond acceptors (Lipinski definition) is 6. The fourth-order valence-electron chi connectivity index (χ4n) is 1.85. The molecular formula is C15H16N2O3S2. The van der Waals surface area contributed by atoms with Crippen molar-refractivity contribution in [2.45, 2.75) is 17.7 Å². The number of benzene rings is 1. The number of nitrogens with zero attached hydrogens (tertiary/aromatic N) is 1. The third kappa shape index (κ3) is 4.08. The molecule has 2 aromatic rings. The summed E-state index contributed by atoms with van der Waals surface area (Å²) in [5.41, 5.74) is 1.85. The van der Waals surface area contributed by atoms with Gasteiger partial charge in [-0.3, -0.25) is 4.79 Å². The monoisotopic (exact) mass is 336 g/mol. The molecule has 0 aliphatic carbocycles. The number of carbonyl (C=O) groups is 2. The molecule has 0 saturated heterocycles. The predicted octanol–water partition coefficient (Wildman–Crippen LogP) is 3.14. The number of ether oxygens (including phenoxy) is 1. The van der Waals surface area contributed by atoms with Crippen molar-refractivity contribution in [2.24, 2.45) is 0 Å². The van der Waals surface area contributed by atoms with Crippen LogP contribution in [0.2, 0.25) is 0 Å². The van der Waals surface area contributed by atoms with Gasteiger partial charge in [-0.1, -0.05) is 17.8 Å². The average molecular weight is 336 g/mol. The van der Waals surface area contributed by atoms with Crippen molar-refractivity contribution in [3.05, 3.63) is 40.4 Å². The Morgan fingerprint density at radius 3 is 2.82 bits per heavy atom. The maximum atomic E-state index is 12.1. The van der Waals surface area contributed by atoms with E-state index in [-0.39, 0.29) is 12.3 Å². The van der Waals surface area contributed by atoms with E-state index in [9.17, 15) is 9.59 Å². The number of rotatable bonds is 5. The van der Waals surface area contributed by atoms with E-state index in [0.29, 0.717) is 11.3 Å². The highest BCUT2D eigenvalue weighted by Gasteiger charge is 2.12. The second kappa shape index (κ2) is 7.42. The normalized spacial score (nSPS) is 10.3. The van der Waals surface area contributed by atoms with Gasteiger partial charge in [0.1, 0.15) is 4.34 Å². The van der Waals surface area contributed by atoms with Gasteiger partial charge in [-0.25, -0.2) is 9.78 Å². The van der Waals surface area contributed by atoms with Gasteiger partial charge < -0.3 is 10.1 Å². The average Bonchev–Trinajstić information content (AvgIpc) is 2.86. The molecule has 0 fully saturated rings. The van der Waals surface area contributed by atoms with E-state index in [1.165, 1.54) is 18.4 Å². The first-order chi connectivity index (χ1) is 10.5. The molecule has 1 aromatic carbocycles. The van der Waals surface area contributed by atoms with Gasteiger partial charge in [0.05, 0.1) is 24.8 Å². The summed E-state index contributed by atoms with van der Waals surface area (Å²) >= 11 is 3.09. The number of nitrogens with one attached hydrogen (secondary N) is 1. The third-order valence-corrected chi connectivity index (χ3v) is 5.08. The van der Waals surface area contributed by atoms with Crippen molar-refractivity contribution >= 4 is 40.7 Å². The lowest BCUT2D eigenvalue weighted by Crippen LogP contribution is -2.14. The Kier molecular flexibility index (Phi) is 5.57. The summed E-state index contributed by atoms with van der Waals surface area (Å²) in [6, 6.07) is 6.67. The van der Waals surface area contributed by atoms with Crippen LogP contribution in [0, 0.1) is 6.92 Å². The first-order valence-corrected chi connectivity index (χ1v) is 8.56. The highest BCUT2D eigenvalue weighted by atomic mass is 32.2. The lowest BCUT2D eigenvalue weighted by Gasteiger charge is -2.06. The van der Waals surface area contributed by atoms with Crippen LogP contribution in [0.3, 0.4) is 0 Å². The fraction of sp³-hybridized carbons (Fsp3) is 0.267. The molecule has 2 rings (SSSR count). The molecule has 116 valence electrons. The maximum Gasteiger partial charge on any atom is 0.337 e. The molecule has 5 nitrogen and oxygen atoms in total. The molecule has 0 atom stereocenters. The Morgan fingerprint density at radius 1 is 1.41 bits per heavy atom. The van der Waals surface area contributed by atoms with Crippen LogP contribution in [0.5, 0.6) is 0 Å². The second-order valence-electron chi connectivity index (χ2n) is 4.49. The van der Waals surface area contributed by atoms with E-state index >= 15 is 0 Å². The predicted molar refractivity (Wildman–Crippen MR) is 88.7 cm³/mol. The number of esters is 1. The number of anilines is 1. The van der Waals surface area contributed by atoms with E-state index in [0.717, 1.165) is 14.9 Å². The molecule has 1 N–H and O–H groups in total. The number of thioether (sulfide) groups is 1. The number of thiazole rings is 1. The van der Waals surface area contributed by atoms with E-state index in [4.69, 9.17) is 0 Å². The fourth-order valence-corrected chi connectivity index (χ4v) is 3.50. The van der Waals surface area contributed by atoms with E-state index in [2.05, 4.69) is 15.0 Å². The summed E-state index contributed by atoms with van der Waals surface area (Å²) in [7, 11) is 1.32. The minimum absolute atomic E-state index is 0.138. The Labute approximate surface area is 137 Å². The van der Waals surface area contributed by atoms with Crippen LogP contribution in [0.4, 0.5) is 5.69 Å². The second-order valence-corrected chi connectivity index (χ2v) is 6.63. The Balaban J connectivity index is 2.05. The summed E-state index contributed by atoms with van der Waals surface area (Å²) < 4.78 is 5.61. The molecule has 0 radical (unpaired) electrons. The summed E-state index contributed by atoms with van der Waals surface area (Å²) in [4.78, 5) is 28.9. The number of amides is 1. The van der Waals surface area contributed by atoms with Crippen molar-refractivity contribution in [1.82, 2.24) is 4.98 Å². The molecule has 22 heavy (non-hydrogen) atoms. The van der Waals surface area contributed by atoms with Gasteiger partial charge in [-0.2, -0.15) is 0 Å². The third-order valence-electron chi connectivity index (χ3n) is 2.94. The van der Waals surface area contributed by atoms with Gasteiger partial charge >= 0.3 is 5.97 Å². The molecule has 0 aliphatic rings. The Hall–Kier alpha value is -1.86. The molecule has 1 aromatic heterocycles. The van der Waals surface area contributed by atoms with Gasteiger partial charge in [0, 0.05) is 10.6 Å². The van der Waals surface area contributed by atoms with Crippen molar-refractivity contribution < 1.29 is 14.3 Å². The van der Waals surface area contributed by atoms with Crippen LogP contribution < -0.4 is 5.32 Å². The molecule has 1 amide bonds. The van der Waals surface area contributed by atoms with Gasteiger partial charge in [0.15, 0.2) is 0 Å². The zero-order chi connectivity index (χ0) is 16.1. The molecule has 0 saturated carbocycles. The first kappa shape index (κ1) is 16.5. The largest absolute Gasteiger partial charge is 0.465 e. The summed E-state index contributed by atoms with van der Waals surface area (Å²) in [6.45, 7) is 1.90. The molecule has 0 aliphatic heterocycles. The number of hydrogen-bond donors (Lipinski definition) is 1. The SMILES string of the molecule is COC(=O)c1cccc(NC(=O)Cc2sc(SC)nc2C)c1. The minimum Gasteiger partial charge on any atom is -0.465 e. The topological polar surface area (TPSA) is 68.3 Å². The maximum absolute atomic E-state index is 12.1. The van der Waals surface area contributed by atoms with Crippen molar-refractivity contribution in [2.75, 3.05) is 18.7 Å². The summed E-state index contributed by atoms with van der Waals surface area (Å²) in [6.07, 6.45) is 2.23. The Morgan fingerprint density at radius 2 is 2.18 bits per heavy atom. The number of methoxy groups -OCH3 is 1. The van der Waals surface area contributed by atoms with Gasteiger partial charge in [0.25, 0.3) is 0 Å². The van der Waals surface area contributed by atoms with Crippen molar-refractivity contribution in [3.63, 3.8) is 0 Å². The van der Waals surface area contributed by atoms with Crippen LogP contribution in [0.1, 0.15) is 20.9 Å². The van der Waals surface area contributed by atoms with Crippen LogP contribution in [0.25, 0.3) is 0 Å². The molecule has 0 bridgehead atoms. The molecule has 0 unspecified atom stereocenters. The van der Waals surface area contributed by atoms with Gasteiger partial charge in [0.2, 0.25) is 5.91 Å². The highest BCUT2D eigenvalue weighted by Crippen LogP contribution is 2.26. The molecule has 7 heteroatoms. The van der Waals surface area contributed by atoms with Crippen LogP contribution >= 0.6 is 23.1 Å². The van der Waals surface area contributed by atoms with Crippen molar-refractivity contribution in [3.8, 4) is 0 Å². The number of aryl methyl sites for hydroxylation is 1. The van der Waals surface area contributed by atoms with Crippen LogP contribution in [-0.4, -0.2) is 30.2 Å². The van der Waals surface area contributed by atoms with Gasteiger partial charge in [-0.15, -0.1) is 11.3 Å². The van der Waals surface area contributed by atoms with Crippen LogP contribution in [-0.2, 0) is 16.0 Å². The lowest BCUT2D eigenvalue weighted by molar-refractivity contribution is -0.115. The molecule has 1 heterocycles. The standard InChI is InChI=1S/C15H16N2O3S2/c1-9-12(22-15(16-9)21-3)8-13(18)17-11-6-4-5-10(7-11)14(19)20-2/h4-7H,8H2,1-3H3,(H,17,18). The number of carbonyl (C=O) groups excluding carboxylic acids is 2. The Bertz CT molecular complexity index is 698. The van der Waals surface area contributed by atoms with E-state index < -0.39 is 5.97 Å². The first-order valence-electron chi connectivity index (χ1n) is 6.52. The minimum atomic E-state index is -0.431. The van der Waals surface area contributed by atoms with E-state index in [1.54, 1.807) is 36.0 Å². The lowest BCUT2D eigenvalue weighted by atomic mass is 10.2. The molecular weight excluding hydrogens is 320 g/mol. The molecule has 0 spiro atoms. The number of aromatic nitrogens is 1. The zero-order valence-corrected chi connectivity index (χ0v) is 14.1. The highest BCUT2D eigenvalue weighted by molar-refractivity contribution is 8.00. The quantitative estimate of drug-likeness (QED) is 0.671.